The van der Waals surface area contributed by atoms with E-state index in [4.69, 9.17) is 0 Å². The van der Waals surface area contributed by atoms with E-state index in [-0.39, 0.29) is 10.6 Å². The smallest absolute Gasteiger partial charge is 0.146 e. The zero-order valence-electron chi connectivity index (χ0n) is 8.59. The average Bonchev–Trinajstić information content (AvgIpc) is 2.20. The van der Waals surface area contributed by atoms with E-state index in [2.05, 4.69) is 47.1 Å². The molecule has 0 fully saturated rings. The van der Waals surface area contributed by atoms with Crippen molar-refractivity contribution in [1.29, 1.82) is 0 Å². The van der Waals surface area contributed by atoms with Crippen LogP contribution < -0.4 is 0 Å². The van der Waals surface area contributed by atoms with Gasteiger partial charge in [0.2, 0.25) is 0 Å². The molecule has 2 heteroatoms. The molecule has 0 aromatic heterocycles. The molecular weight excluding hydrogens is 240 g/mol. The highest BCUT2D eigenvalue weighted by atomic mass is 79.9. The minimum absolute atomic E-state index is 0.0322. The van der Waals surface area contributed by atoms with Crippen molar-refractivity contribution in [3.8, 4) is 0 Å². The van der Waals surface area contributed by atoms with E-state index in [1.165, 1.54) is 11.1 Å². The van der Waals surface area contributed by atoms with Gasteiger partial charge in [-0.25, -0.2) is 0 Å². The molecule has 0 heterocycles. The van der Waals surface area contributed by atoms with E-state index in [1.807, 2.05) is 6.92 Å². The fourth-order valence-electron chi connectivity index (χ4n) is 1.27. The molecule has 0 radical (unpaired) electrons. The molecule has 0 N–H and O–H groups in total. The Morgan fingerprint density at radius 1 is 1.36 bits per heavy atom. The van der Waals surface area contributed by atoms with Gasteiger partial charge in [0, 0.05) is 6.42 Å². The highest BCUT2D eigenvalue weighted by molar-refractivity contribution is 9.10. The van der Waals surface area contributed by atoms with Gasteiger partial charge in [0.1, 0.15) is 5.78 Å². The second kappa shape index (κ2) is 5.30. The number of hydrogen-bond donors (Lipinski definition) is 0. The van der Waals surface area contributed by atoms with Crippen molar-refractivity contribution in [2.75, 3.05) is 0 Å². The van der Waals surface area contributed by atoms with Crippen molar-refractivity contribution in [3.63, 3.8) is 0 Å². The monoisotopic (exact) mass is 254 g/mol. The molecule has 0 bridgehead atoms. The van der Waals surface area contributed by atoms with Gasteiger partial charge in [0.15, 0.2) is 0 Å². The number of ketones is 1. The van der Waals surface area contributed by atoms with E-state index in [9.17, 15) is 4.79 Å². The summed E-state index contributed by atoms with van der Waals surface area (Å²) in [7, 11) is 0. The molecule has 76 valence electrons. The van der Waals surface area contributed by atoms with E-state index in [0.717, 1.165) is 6.42 Å². The third kappa shape index (κ3) is 3.26. The van der Waals surface area contributed by atoms with Crippen LogP contribution in [0, 0.1) is 6.92 Å². The largest absolute Gasteiger partial charge is 0.298 e. The van der Waals surface area contributed by atoms with Crippen LogP contribution in [-0.2, 0) is 11.2 Å². The predicted octanol–water partition coefficient (Wildman–Crippen LogP) is 3.28. The molecule has 0 aliphatic carbocycles. The molecule has 1 unspecified atom stereocenters. The van der Waals surface area contributed by atoms with E-state index >= 15 is 0 Å². The highest BCUT2D eigenvalue weighted by Gasteiger charge is 2.12. The molecule has 1 rings (SSSR count). The van der Waals surface area contributed by atoms with Gasteiger partial charge in [-0.15, -0.1) is 0 Å². The van der Waals surface area contributed by atoms with Gasteiger partial charge in [0.05, 0.1) is 4.83 Å². The summed E-state index contributed by atoms with van der Waals surface area (Å²) in [6.07, 6.45) is 1.38. The Labute approximate surface area is 93.7 Å². The summed E-state index contributed by atoms with van der Waals surface area (Å²) in [6.45, 7) is 3.96. The van der Waals surface area contributed by atoms with Crippen molar-refractivity contribution >= 4 is 21.7 Å². The standard InChI is InChI=1S/C12H15BrO/c1-3-12(14)11(13)8-10-6-4-9(2)5-7-10/h4-7,11H,3,8H2,1-2H3. The lowest BCUT2D eigenvalue weighted by molar-refractivity contribution is -0.118. The maximum atomic E-state index is 11.3. The second-order valence-corrected chi connectivity index (χ2v) is 4.58. The fraction of sp³-hybridized carbons (Fsp3) is 0.417. The highest BCUT2D eigenvalue weighted by Crippen LogP contribution is 2.13. The summed E-state index contributed by atoms with van der Waals surface area (Å²) in [4.78, 5) is 11.3. The summed E-state index contributed by atoms with van der Waals surface area (Å²) in [6, 6.07) is 8.30. The minimum atomic E-state index is -0.0322. The van der Waals surface area contributed by atoms with Crippen LogP contribution in [0.1, 0.15) is 24.5 Å². The summed E-state index contributed by atoms with van der Waals surface area (Å²) < 4.78 is 0. The molecule has 0 saturated carbocycles. The zero-order chi connectivity index (χ0) is 10.6. The first-order valence-corrected chi connectivity index (χ1v) is 5.77. The number of rotatable bonds is 4. The zero-order valence-corrected chi connectivity index (χ0v) is 10.2. The van der Waals surface area contributed by atoms with Crippen LogP contribution in [0.4, 0.5) is 0 Å². The molecule has 1 aromatic carbocycles. The SMILES string of the molecule is CCC(=O)C(Br)Cc1ccc(C)cc1. The summed E-state index contributed by atoms with van der Waals surface area (Å²) in [5, 5.41) is 0. The average molecular weight is 255 g/mol. The Kier molecular flexibility index (Phi) is 4.33. The van der Waals surface area contributed by atoms with Crippen LogP contribution in [-0.4, -0.2) is 10.6 Å². The molecule has 1 atom stereocenters. The van der Waals surface area contributed by atoms with Crippen molar-refractivity contribution < 1.29 is 4.79 Å². The summed E-state index contributed by atoms with van der Waals surface area (Å²) in [5.74, 6) is 0.269. The number of benzene rings is 1. The molecule has 1 aromatic rings. The molecule has 0 saturated heterocycles. The summed E-state index contributed by atoms with van der Waals surface area (Å²) in [5.41, 5.74) is 2.46. The van der Waals surface area contributed by atoms with Gasteiger partial charge < -0.3 is 0 Å². The Morgan fingerprint density at radius 3 is 2.43 bits per heavy atom. The number of halogens is 1. The van der Waals surface area contributed by atoms with Crippen LogP contribution >= 0.6 is 15.9 Å². The molecular formula is C12H15BrO. The van der Waals surface area contributed by atoms with Crippen LogP contribution in [0.3, 0.4) is 0 Å². The Hall–Kier alpha value is -0.630. The maximum absolute atomic E-state index is 11.3. The Morgan fingerprint density at radius 2 is 1.93 bits per heavy atom. The van der Waals surface area contributed by atoms with Crippen molar-refractivity contribution in [2.24, 2.45) is 0 Å². The van der Waals surface area contributed by atoms with Crippen molar-refractivity contribution in [3.05, 3.63) is 35.4 Å². The van der Waals surface area contributed by atoms with Crippen molar-refractivity contribution in [2.45, 2.75) is 31.5 Å². The third-order valence-electron chi connectivity index (χ3n) is 2.23. The van der Waals surface area contributed by atoms with Gasteiger partial charge in [-0.1, -0.05) is 52.7 Å². The molecule has 14 heavy (non-hydrogen) atoms. The maximum Gasteiger partial charge on any atom is 0.146 e. The summed E-state index contributed by atoms with van der Waals surface area (Å²) >= 11 is 3.41. The molecule has 0 spiro atoms. The molecule has 0 amide bonds. The number of alkyl halides is 1. The third-order valence-corrected chi connectivity index (χ3v) is 3.07. The molecule has 1 nitrogen and oxygen atoms in total. The fourth-order valence-corrected chi connectivity index (χ4v) is 1.96. The Bertz CT molecular complexity index is 303. The first-order valence-electron chi connectivity index (χ1n) is 4.85. The van der Waals surface area contributed by atoms with Crippen LogP contribution in [0.5, 0.6) is 0 Å². The molecule has 0 aliphatic rings. The first-order chi connectivity index (χ1) is 6.63. The van der Waals surface area contributed by atoms with Crippen molar-refractivity contribution in [1.82, 2.24) is 0 Å². The van der Waals surface area contributed by atoms with Crippen LogP contribution in [0.25, 0.3) is 0 Å². The lowest BCUT2D eigenvalue weighted by Gasteiger charge is -2.07. The quantitative estimate of drug-likeness (QED) is 0.754. The predicted molar refractivity (Wildman–Crippen MR) is 62.9 cm³/mol. The lowest BCUT2D eigenvalue weighted by Crippen LogP contribution is -2.15. The van der Waals surface area contributed by atoms with E-state index < -0.39 is 0 Å². The van der Waals surface area contributed by atoms with Gasteiger partial charge in [0.25, 0.3) is 0 Å². The van der Waals surface area contributed by atoms with Gasteiger partial charge in [-0.05, 0) is 18.9 Å². The van der Waals surface area contributed by atoms with Crippen LogP contribution in [0.15, 0.2) is 24.3 Å². The number of carbonyl (C=O) groups excluding carboxylic acids is 1. The second-order valence-electron chi connectivity index (χ2n) is 3.48. The van der Waals surface area contributed by atoms with Gasteiger partial charge in [-0.3, -0.25) is 4.79 Å². The lowest BCUT2D eigenvalue weighted by atomic mass is 10.1. The van der Waals surface area contributed by atoms with E-state index in [1.54, 1.807) is 0 Å². The number of Topliss-reactive ketones (excluding diaryl/α,β-unsaturated/α-hetero) is 1. The number of carbonyl (C=O) groups is 1. The first kappa shape index (κ1) is 11.4. The Balaban J connectivity index is 2.60. The normalized spacial score (nSPS) is 12.5. The molecule has 0 aliphatic heterocycles. The number of aryl methyl sites for hydroxylation is 1. The van der Waals surface area contributed by atoms with Gasteiger partial charge in [-0.2, -0.15) is 0 Å². The number of hydrogen-bond acceptors (Lipinski definition) is 1. The van der Waals surface area contributed by atoms with E-state index in [0.29, 0.717) is 6.42 Å². The topological polar surface area (TPSA) is 17.1 Å². The van der Waals surface area contributed by atoms with Crippen LogP contribution in [0.2, 0.25) is 0 Å². The minimum Gasteiger partial charge on any atom is -0.298 e. The van der Waals surface area contributed by atoms with Gasteiger partial charge >= 0.3 is 0 Å².